The molecule has 1 aromatic rings. The first kappa shape index (κ1) is 10.0. The summed E-state index contributed by atoms with van der Waals surface area (Å²) in [5, 5.41) is 9.32. The summed E-state index contributed by atoms with van der Waals surface area (Å²) in [6, 6.07) is 3.56. The Morgan fingerprint density at radius 1 is 1.64 bits per heavy atom. The second-order valence-corrected chi connectivity index (χ2v) is 5.50. The summed E-state index contributed by atoms with van der Waals surface area (Å²) >= 11 is 3.19. The lowest BCUT2D eigenvalue weighted by Gasteiger charge is -2.24. The number of carbonyl (C=O) groups is 1. The summed E-state index contributed by atoms with van der Waals surface area (Å²) < 4.78 is 5.06. The first-order valence-electron chi connectivity index (χ1n) is 4.27. The van der Waals surface area contributed by atoms with Gasteiger partial charge in [0.2, 0.25) is 0 Å². The zero-order chi connectivity index (χ0) is 9.97. The Morgan fingerprint density at radius 3 is 2.93 bits per heavy atom. The van der Waals surface area contributed by atoms with Gasteiger partial charge >= 0.3 is 5.97 Å². The van der Waals surface area contributed by atoms with Crippen LogP contribution in [0.1, 0.15) is 14.5 Å². The summed E-state index contributed by atoms with van der Waals surface area (Å²) in [5.74, 6) is 0.0598. The fourth-order valence-corrected chi connectivity index (χ4v) is 3.04. The number of thioether (sulfide) groups is 1. The monoisotopic (exact) mass is 230 g/mol. The van der Waals surface area contributed by atoms with Gasteiger partial charge in [0.1, 0.15) is 4.88 Å². The quantitative estimate of drug-likeness (QED) is 0.860. The third-order valence-electron chi connectivity index (χ3n) is 1.94. The van der Waals surface area contributed by atoms with Crippen molar-refractivity contribution in [2.75, 3.05) is 13.2 Å². The van der Waals surface area contributed by atoms with Crippen LogP contribution in [0.25, 0.3) is 0 Å². The molecule has 3 nitrogen and oxygen atoms in total. The van der Waals surface area contributed by atoms with Crippen molar-refractivity contribution in [1.82, 2.24) is 0 Å². The molecule has 0 atom stereocenters. The van der Waals surface area contributed by atoms with Crippen LogP contribution in [0.3, 0.4) is 0 Å². The molecule has 0 aromatic carbocycles. The highest BCUT2D eigenvalue weighted by atomic mass is 32.2. The molecular formula is C9H10O3S2. The summed E-state index contributed by atoms with van der Waals surface area (Å²) in [7, 11) is 0. The van der Waals surface area contributed by atoms with Gasteiger partial charge in [0.25, 0.3) is 0 Å². The topological polar surface area (TPSA) is 46.5 Å². The van der Waals surface area contributed by atoms with E-state index >= 15 is 0 Å². The molecule has 1 aliphatic heterocycles. The molecule has 0 aliphatic carbocycles. The maximum absolute atomic E-state index is 10.6. The van der Waals surface area contributed by atoms with Crippen LogP contribution in [-0.4, -0.2) is 29.5 Å². The first-order valence-corrected chi connectivity index (χ1v) is 6.13. The van der Waals surface area contributed by atoms with Crippen LogP contribution in [0.4, 0.5) is 0 Å². The molecule has 14 heavy (non-hydrogen) atoms. The number of hydrogen-bond donors (Lipinski definition) is 1. The lowest BCUT2D eigenvalue weighted by atomic mass is 10.4. The van der Waals surface area contributed by atoms with Crippen molar-refractivity contribution in [1.29, 1.82) is 0 Å². The van der Waals surface area contributed by atoms with Crippen molar-refractivity contribution in [3.63, 3.8) is 0 Å². The van der Waals surface area contributed by atoms with Crippen LogP contribution in [0.15, 0.2) is 12.1 Å². The zero-order valence-electron chi connectivity index (χ0n) is 7.43. The minimum absolute atomic E-state index is 0.422. The number of ether oxygens (including phenoxy) is 1. The van der Waals surface area contributed by atoms with E-state index in [1.807, 2.05) is 17.8 Å². The molecule has 2 heterocycles. The molecule has 0 unspecified atom stereocenters. The molecule has 0 bridgehead atoms. The smallest absolute Gasteiger partial charge is 0.345 e. The first-order chi connectivity index (χ1) is 6.75. The predicted octanol–water partition coefficient (Wildman–Crippen LogP) is 2.08. The van der Waals surface area contributed by atoms with Gasteiger partial charge in [-0.2, -0.15) is 0 Å². The second kappa shape index (κ2) is 4.33. The number of aromatic carboxylic acids is 1. The minimum Gasteiger partial charge on any atom is -0.477 e. The van der Waals surface area contributed by atoms with Crippen LogP contribution in [0.5, 0.6) is 0 Å². The summed E-state index contributed by atoms with van der Waals surface area (Å²) in [4.78, 5) is 12.1. The van der Waals surface area contributed by atoms with Crippen molar-refractivity contribution in [3.05, 3.63) is 21.9 Å². The molecule has 1 saturated heterocycles. The van der Waals surface area contributed by atoms with Crippen LogP contribution < -0.4 is 0 Å². The third kappa shape index (κ3) is 2.29. The molecule has 5 heteroatoms. The SMILES string of the molecule is O=C(O)c1ccc(CSC2COC2)s1. The maximum Gasteiger partial charge on any atom is 0.345 e. The lowest BCUT2D eigenvalue weighted by molar-refractivity contribution is 0.0455. The van der Waals surface area contributed by atoms with Gasteiger partial charge in [-0.3, -0.25) is 0 Å². The Bertz CT molecular complexity index is 331. The van der Waals surface area contributed by atoms with E-state index in [1.54, 1.807) is 6.07 Å². The fourth-order valence-electron chi connectivity index (χ4n) is 1.08. The van der Waals surface area contributed by atoms with Crippen molar-refractivity contribution in [2.45, 2.75) is 11.0 Å². The summed E-state index contributed by atoms with van der Waals surface area (Å²) in [6.45, 7) is 1.67. The normalized spacial score (nSPS) is 16.6. The molecule has 0 radical (unpaired) electrons. The Labute approximate surface area is 90.1 Å². The van der Waals surface area contributed by atoms with Crippen LogP contribution in [0, 0.1) is 0 Å². The van der Waals surface area contributed by atoms with Crippen LogP contribution in [-0.2, 0) is 10.5 Å². The highest BCUT2D eigenvalue weighted by Crippen LogP contribution is 2.27. The van der Waals surface area contributed by atoms with E-state index in [-0.39, 0.29) is 0 Å². The molecule has 2 rings (SSSR count). The van der Waals surface area contributed by atoms with Crippen molar-refractivity contribution >= 4 is 29.1 Å². The molecule has 0 saturated carbocycles. The summed E-state index contributed by atoms with van der Waals surface area (Å²) in [6.07, 6.45) is 0. The van der Waals surface area contributed by atoms with E-state index in [0.717, 1.165) is 23.8 Å². The van der Waals surface area contributed by atoms with Gasteiger partial charge in [0.15, 0.2) is 0 Å². The molecule has 1 N–H and O–H groups in total. The minimum atomic E-state index is -0.835. The van der Waals surface area contributed by atoms with Crippen molar-refractivity contribution in [3.8, 4) is 0 Å². The van der Waals surface area contributed by atoms with E-state index in [9.17, 15) is 4.79 Å². The Hall–Kier alpha value is -0.520. The number of carboxylic acids is 1. The molecule has 1 aliphatic rings. The molecular weight excluding hydrogens is 220 g/mol. The van der Waals surface area contributed by atoms with E-state index in [0.29, 0.717) is 10.1 Å². The largest absolute Gasteiger partial charge is 0.477 e. The van der Waals surface area contributed by atoms with E-state index in [4.69, 9.17) is 9.84 Å². The second-order valence-electron chi connectivity index (χ2n) is 3.04. The average molecular weight is 230 g/mol. The third-order valence-corrected chi connectivity index (χ3v) is 4.42. The van der Waals surface area contributed by atoms with Gasteiger partial charge in [-0.1, -0.05) is 0 Å². The van der Waals surface area contributed by atoms with Gasteiger partial charge in [-0.05, 0) is 12.1 Å². The number of hydrogen-bond acceptors (Lipinski definition) is 4. The number of thiophene rings is 1. The number of rotatable bonds is 4. The molecule has 0 spiro atoms. The Morgan fingerprint density at radius 2 is 2.43 bits per heavy atom. The van der Waals surface area contributed by atoms with E-state index in [2.05, 4.69) is 0 Å². The van der Waals surface area contributed by atoms with Crippen LogP contribution in [0.2, 0.25) is 0 Å². The van der Waals surface area contributed by atoms with Gasteiger partial charge in [0.05, 0.1) is 18.5 Å². The zero-order valence-corrected chi connectivity index (χ0v) is 9.07. The van der Waals surface area contributed by atoms with Gasteiger partial charge < -0.3 is 9.84 Å². The number of carboxylic acid groups (broad SMARTS) is 1. The Balaban J connectivity index is 1.86. The summed E-state index contributed by atoms with van der Waals surface area (Å²) in [5.41, 5.74) is 0. The molecule has 1 aromatic heterocycles. The van der Waals surface area contributed by atoms with Crippen LogP contribution >= 0.6 is 23.1 Å². The Kier molecular flexibility index (Phi) is 3.10. The molecule has 0 amide bonds. The average Bonchev–Trinajstić information content (AvgIpc) is 2.50. The van der Waals surface area contributed by atoms with Gasteiger partial charge in [-0.25, -0.2) is 4.79 Å². The van der Waals surface area contributed by atoms with Gasteiger partial charge in [0, 0.05) is 10.6 Å². The van der Waals surface area contributed by atoms with Crippen molar-refractivity contribution in [2.24, 2.45) is 0 Å². The lowest BCUT2D eigenvalue weighted by Crippen LogP contribution is -2.30. The maximum atomic E-state index is 10.6. The standard InChI is InChI=1S/C9H10O3S2/c10-9(11)8-2-1-6(14-8)5-13-7-3-12-4-7/h1-2,7H,3-5H2,(H,10,11). The molecule has 76 valence electrons. The fraction of sp³-hybridized carbons (Fsp3) is 0.444. The van der Waals surface area contributed by atoms with E-state index < -0.39 is 5.97 Å². The van der Waals surface area contributed by atoms with Crippen molar-refractivity contribution < 1.29 is 14.6 Å². The van der Waals surface area contributed by atoms with Gasteiger partial charge in [-0.15, -0.1) is 23.1 Å². The highest BCUT2D eigenvalue weighted by Gasteiger charge is 2.19. The predicted molar refractivity (Wildman–Crippen MR) is 57.2 cm³/mol. The highest BCUT2D eigenvalue weighted by molar-refractivity contribution is 7.99. The van der Waals surface area contributed by atoms with E-state index in [1.165, 1.54) is 11.3 Å². The molecule has 1 fully saturated rings.